The Kier molecular flexibility index (Phi) is 4.88. The first kappa shape index (κ1) is 17.8. The van der Waals surface area contributed by atoms with Gasteiger partial charge in [0, 0.05) is 18.1 Å². The molecule has 26 heavy (non-hydrogen) atoms. The van der Waals surface area contributed by atoms with E-state index in [0.29, 0.717) is 11.1 Å². The highest BCUT2D eigenvalue weighted by atomic mass is 32.2. The first-order chi connectivity index (χ1) is 12.4. The number of hydrogen-bond donors (Lipinski definition) is 0. The average molecular weight is 367 g/mol. The van der Waals surface area contributed by atoms with Crippen molar-refractivity contribution in [2.75, 3.05) is 0 Å². The van der Waals surface area contributed by atoms with E-state index >= 15 is 0 Å². The Hall–Kier alpha value is -2.96. The first-order valence-electron chi connectivity index (χ1n) is 7.79. The maximum absolute atomic E-state index is 12.1. The number of rotatable bonds is 4. The molecule has 3 aromatic carbocycles. The van der Waals surface area contributed by atoms with E-state index in [1.165, 1.54) is 19.1 Å². The number of ether oxygens (including phenoxy) is 1. The molecule has 0 spiro atoms. The Bertz CT molecular complexity index is 982. The zero-order valence-corrected chi connectivity index (χ0v) is 14.7. The molecule has 0 saturated carbocycles. The van der Waals surface area contributed by atoms with Gasteiger partial charge in [0.05, 0.1) is 4.90 Å². The van der Waals surface area contributed by atoms with Crippen molar-refractivity contribution < 1.29 is 22.5 Å². The van der Waals surface area contributed by atoms with Gasteiger partial charge in [0.2, 0.25) is 0 Å². The summed E-state index contributed by atoms with van der Waals surface area (Å²) in [5.41, 5.74) is 1.46. The maximum Gasteiger partial charge on any atom is 0.308 e. The lowest BCUT2D eigenvalue weighted by Gasteiger charge is -2.19. The first-order valence-corrected chi connectivity index (χ1v) is 9.20. The van der Waals surface area contributed by atoms with Crippen LogP contribution < -0.4 is 4.74 Å². The van der Waals surface area contributed by atoms with Gasteiger partial charge in [-0.3, -0.25) is 4.79 Å². The van der Waals surface area contributed by atoms with Gasteiger partial charge >= 0.3 is 5.97 Å². The van der Waals surface area contributed by atoms with Crippen LogP contribution in [0.25, 0.3) is 22.3 Å². The lowest BCUT2D eigenvalue weighted by molar-refractivity contribution is -0.131. The molecule has 5 nitrogen and oxygen atoms in total. The Morgan fingerprint density at radius 3 is 1.62 bits per heavy atom. The van der Waals surface area contributed by atoms with E-state index in [2.05, 4.69) is 0 Å². The van der Waals surface area contributed by atoms with Crippen molar-refractivity contribution in [2.24, 2.45) is 0 Å². The molecule has 0 aromatic heterocycles. The minimum Gasteiger partial charge on any atom is -0.744 e. The Balaban J connectivity index is 2.40. The molecule has 0 unspecified atom stereocenters. The molecule has 0 saturated heterocycles. The van der Waals surface area contributed by atoms with Gasteiger partial charge < -0.3 is 9.29 Å². The molecule has 132 valence electrons. The predicted octanol–water partition coefficient (Wildman–Crippen LogP) is 3.85. The smallest absolute Gasteiger partial charge is 0.308 e. The van der Waals surface area contributed by atoms with Crippen LogP contribution in [-0.2, 0) is 14.9 Å². The molecule has 0 aliphatic heterocycles. The van der Waals surface area contributed by atoms with E-state index in [1.54, 1.807) is 60.7 Å². The van der Waals surface area contributed by atoms with E-state index in [-0.39, 0.29) is 21.8 Å². The van der Waals surface area contributed by atoms with Gasteiger partial charge in [-0.15, -0.1) is 0 Å². The summed E-state index contributed by atoms with van der Waals surface area (Å²) >= 11 is 0. The minimum atomic E-state index is -4.80. The zero-order chi connectivity index (χ0) is 18.7. The van der Waals surface area contributed by atoms with Crippen LogP contribution in [0.2, 0.25) is 0 Å². The van der Waals surface area contributed by atoms with Crippen molar-refractivity contribution in [3.8, 4) is 28.0 Å². The SMILES string of the molecule is CC(=O)Oc1cc(-c2ccccc2)c(S(=O)(=O)[O-])c(-c2ccccc2)c1. The van der Waals surface area contributed by atoms with Crippen molar-refractivity contribution in [3.63, 3.8) is 0 Å². The summed E-state index contributed by atoms with van der Waals surface area (Å²) in [6, 6.07) is 20.1. The summed E-state index contributed by atoms with van der Waals surface area (Å²) in [7, 11) is -4.80. The van der Waals surface area contributed by atoms with Gasteiger partial charge in [-0.2, -0.15) is 0 Å². The maximum atomic E-state index is 12.1. The van der Waals surface area contributed by atoms with Crippen LogP contribution in [0, 0.1) is 0 Å². The summed E-state index contributed by atoms with van der Waals surface area (Å²) in [5.74, 6) is -0.372. The van der Waals surface area contributed by atoms with Gasteiger partial charge in [0.15, 0.2) is 0 Å². The summed E-state index contributed by atoms with van der Waals surface area (Å²) in [4.78, 5) is 11.0. The third kappa shape index (κ3) is 3.82. The monoisotopic (exact) mass is 367 g/mol. The number of hydrogen-bond acceptors (Lipinski definition) is 5. The summed E-state index contributed by atoms with van der Waals surface area (Å²) in [6.07, 6.45) is 0. The van der Waals surface area contributed by atoms with Gasteiger partial charge in [-0.05, 0) is 23.3 Å². The van der Waals surface area contributed by atoms with Crippen LogP contribution in [0.4, 0.5) is 0 Å². The van der Waals surface area contributed by atoms with Crippen LogP contribution >= 0.6 is 0 Å². The molecule has 0 aliphatic carbocycles. The fourth-order valence-corrected chi connectivity index (χ4v) is 3.65. The number of carbonyl (C=O) groups is 1. The molecule has 0 N–H and O–H groups in total. The molecule has 3 aromatic rings. The summed E-state index contributed by atoms with van der Waals surface area (Å²) in [6.45, 7) is 1.25. The normalized spacial score (nSPS) is 11.2. The van der Waals surface area contributed by atoms with Gasteiger partial charge in [-0.25, -0.2) is 8.42 Å². The van der Waals surface area contributed by atoms with Crippen molar-refractivity contribution in [3.05, 3.63) is 72.8 Å². The van der Waals surface area contributed by atoms with Gasteiger partial charge in [-0.1, -0.05) is 60.7 Å². The third-order valence-electron chi connectivity index (χ3n) is 3.74. The Labute approximate surface area is 151 Å². The van der Waals surface area contributed by atoms with E-state index < -0.39 is 16.1 Å². The number of esters is 1. The highest BCUT2D eigenvalue weighted by molar-refractivity contribution is 7.86. The van der Waals surface area contributed by atoms with Crippen LogP contribution in [0.15, 0.2) is 77.7 Å². The molecular weight excluding hydrogens is 352 g/mol. The van der Waals surface area contributed by atoms with Crippen LogP contribution in [0.1, 0.15) is 6.92 Å². The largest absolute Gasteiger partial charge is 0.744 e. The summed E-state index contributed by atoms with van der Waals surface area (Å²) < 4.78 is 41.4. The molecule has 0 amide bonds. The fourth-order valence-electron chi connectivity index (χ4n) is 2.76. The Morgan fingerprint density at radius 1 is 0.846 bits per heavy atom. The molecule has 0 bridgehead atoms. The van der Waals surface area contributed by atoms with Crippen molar-refractivity contribution in [1.82, 2.24) is 0 Å². The van der Waals surface area contributed by atoms with Crippen LogP contribution in [-0.4, -0.2) is 18.9 Å². The second-order valence-corrected chi connectivity index (χ2v) is 6.94. The predicted molar refractivity (Wildman–Crippen MR) is 96.6 cm³/mol. The standard InChI is InChI=1S/C20H16O5S/c1-14(21)25-17-12-18(15-8-4-2-5-9-15)20(26(22,23)24)19(13-17)16-10-6-3-7-11-16/h2-13H,1H3,(H,22,23,24)/p-1. The van der Waals surface area contributed by atoms with E-state index in [4.69, 9.17) is 4.74 Å². The molecule has 0 fully saturated rings. The molecule has 3 rings (SSSR count). The van der Waals surface area contributed by atoms with Crippen molar-refractivity contribution >= 4 is 16.1 Å². The molecule has 0 heterocycles. The van der Waals surface area contributed by atoms with Crippen molar-refractivity contribution in [2.45, 2.75) is 11.8 Å². The average Bonchev–Trinajstić information content (AvgIpc) is 2.61. The van der Waals surface area contributed by atoms with E-state index in [0.717, 1.165) is 0 Å². The van der Waals surface area contributed by atoms with Gasteiger partial charge in [0.25, 0.3) is 0 Å². The third-order valence-corrected chi connectivity index (χ3v) is 4.68. The van der Waals surface area contributed by atoms with Gasteiger partial charge in [0.1, 0.15) is 15.9 Å². The second-order valence-electron chi connectivity index (χ2n) is 5.63. The molecule has 6 heteroatoms. The highest BCUT2D eigenvalue weighted by Crippen LogP contribution is 2.39. The zero-order valence-electron chi connectivity index (χ0n) is 13.9. The molecule has 0 aliphatic rings. The lowest BCUT2D eigenvalue weighted by Crippen LogP contribution is -2.07. The summed E-state index contributed by atoms with van der Waals surface area (Å²) in [5, 5.41) is 0. The fraction of sp³-hybridized carbons (Fsp3) is 0.0500. The van der Waals surface area contributed by atoms with E-state index in [9.17, 15) is 17.8 Å². The van der Waals surface area contributed by atoms with Crippen molar-refractivity contribution in [1.29, 1.82) is 0 Å². The number of carbonyl (C=O) groups excluding carboxylic acids is 1. The van der Waals surface area contributed by atoms with Crippen LogP contribution in [0.5, 0.6) is 5.75 Å². The number of benzene rings is 3. The Morgan fingerprint density at radius 2 is 1.27 bits per heavy atom. The van der Waals surface area contributed by atoms with E-state index in [1.807, 2.05) is 0 Å². The topological polar surface area (TPSA) is 83.5 Å². The highest BCUT2D eigenvalue weighted by Gasteiger charge is 2.20. The second kappa shape index (κ2) is 7.11. The molecule has 0 radical (unpaired) electrons. The molecule has 0 atom stereocenters. The van der Waals surface area contributed by atoms with Crippen LogP contribution in [0.3, 0.4) is 0 Å². The lowest BCUT2D eigenvalue weighted by atomic mass is 9.98. The minimum absolute atomic E-state index is 0.169. The molecular formula is C20H15O5S-. The quantitative estimate of drug-likeness (QED) is 0.397.